The number of carbonyl (C=O) groups is 2. The Bertz CT molecular complexity index is 1110. The molecular formula is C22H19N3O3. The highest BCUT2D eigenvalue weighted by atomic mass is 16.3. The van der Waals surface area contributed by atoms with Crippen molar-refractivity contribution in [2.24, 2.45) is 0 Å². The van der Waals surface area contributed by atoms with Gasteiger partial charge in [-0.05, 0) is 55.8 Å². The van der Waals surface area contributed by atoms with Crippen molar-refractivity contribution < 1.29 is 14.7 Å². The number of aryl methyl sites for hydroxylation is 1. The van der Waals surface area contributed by atoms with Gasteiger partial charge in [0.2, 0.25) is 0 Å². The molecule has 28 heavy (non-hydrogen) atoms. The molecule has 0 atom stereocenters. The topological polar surface area (TPSA) is 74.6 Å². The second-order valence-electron chi connectivity index (χ2n) is 6.63. The third-order valence-electron chi connectivity index (χ3n) is 4.80. The standard InChI is InChI=1S/C22H19N3O3/c1-14-12-16(15(2)24(14)19-10-6-7-11-20(19)26)13-18-21(27)23-25(22(18)28)17-8-4-3-5-9-17/h3-13,26H,1-2H3,(H,23,27)/b18-13-. The minimum atomic E-state index is -0.443. The summed E-state index contributed by atoms with van der Waals surface area (Å²) in [7, 11) is 0. The van der Waals surface area contributed by atoms with Gasteiger partial charge in [0.25, 0.3) is 11.8 Å². The minimum Gasteiger partial charge on any atom is -0.506 e. The lowest BCUT2D eigenvalue weighted by Crippen LogP contribution is -2.35. The van der Waals surface area contributed by atoms with Crippen LogP contribution in [0, 0.1) is 13.8 Å². The van der Waals surface area contributed by atoms with Gasteiger partial charge < -0.3 is 9.67 Å². The fraction of sp³-hybridized carbons (Fsp3) is 0.0909. The van der Waals surface area contributed by atoms with Crippen LogP contribution < -0.4 is 10.4 Å². The van der Waals surface area contributed by atoms with E-state index in [0.717, 1.165) is 17.0 Å². The zero-order valence-electron chi connectivity index (χ0n) is 15.5. The minimum absolute atomic E-state index is 0.0707. The molecule has 0 aliphatic carbocycles. The molecule has 0 radical (unpaired) electrons. The number of hydrogen-bond donors (Lipinski definition) is 2. The Balaban J connectivity index is 1.74. The van der Waals surface area contributed by atoms with Crippen molar-refractivity contribution in [2.75, 3.05) is 5.01 Å². The van der Waals surface area contributed by atoms with E-state index in [9.17, 15) is 14.7 Å². The molecule has 1 aliphatic rings. The van der Waals surface area contributed by atoms with Crippen molar-refractivity contribution in [1.29, 1.82) is 0 Å². The quantitative estimate of drug-likeness (QED) is 0.547. The molecule has 0 bridgehead atoms. The maximum absolute atomic E-state index is 12.8. The molecule has 4 rings (SSSR count). The molecule has 0 unspecified atom stereocenters. The number of hydrazine groups is 1. The predicted octanol–water partition coefficient (Wildman–Crippen LogP) is 3.26. The molecule has 0 saturated carbocycles. The van der Waals surface area contributed by atoms with Crippen LogP contribution in [0.3, 0.4) is 0 Å². The van der Waals surface area contributed by atoms with E-state index >= 15 is 0 Å². The van der Waals surface area contributed by atoms with Crippen LogP contribution in [0.5, 0.6) is 5.75 Å². The molecule has 3 aromatic rings. The molecule has 1 aliphatic heterocycles. The SMILES string of the molecule is Cc1cc(/C=C2/C(=O)NN(c3ccccc3)C2=O)c(C)n1-c1ccccc1O. The summed E-state index contributed by atoms with van der Waals surface area (Å²) in [6.07, 6.45) is 1.60. The van der Waals surface area contributed by atoms with Crippen molar-refractivity contribution in [1.82, 2.24) is 9.99 Å². The predicted molar refractivity (Wildman–Crippen MR) is 107 cm³/mol. The van der Waals surface area contributed by atoms with E-state index in [1.807, 2.05) is 42.7 Å². The van der Waals surface area contributed by atoms with Crippen LogP contribution in [0.4, 0.5) is 5.69 Å². The number of nitrogens with zero attached hydrogens (tertiary/aromatic N) is 2. The third kappa shape index (κ3) is 2.85. The Morgan fingerprint density at radius 2 is 1.64 bits per heavy atom. The molecule has 6 nitrogen and oxygen atoms in total. The number of carbonyl (C=O) groups excluding carboxylic acids is 2. The number of nitrogens with one attached hydrogen (secondary N) is 1. The van der Waals surface area contributed by atoms with E-state index < -0.39 is 11.8 Å². The summed E-state index contributed by atoms with van der Waals surface area (Å²) in [5.74, 6) is -0.682. The van der Waals surface area contributed by atoms with Crippen LogP contribution in [0.25, 0.3) is 11.8 Å². The van der Waals surface area contributed by atoms with Gasteiger partial charge in [0.05, 0.1) is 11.4 Å². The molecule has 1 aromatic heterocycles. The molecule has 2 aromatic carbocycles. The average molecular weight is 373 g/mol. The van der Waals surface area contributed by atoms with Crippen molar-refractivity contribution in [3.8, 4) is 11.4 Å². The first kappa shape index (κ1) is 17.6. The maximum atomic E-state index is 12.8. The second-order valence-corrected chi connectivity index (χ2v) is 6.63. The molecular weight excluding hydrogens is 354 g/mol. The number of amides is 2. The van der Waals surface area contributed by atoms with Crippen LogP contribution in [-0.4, -0.2) is 21.5 Å². The lowest BCUT2D eigenvalue weighted by atomic mass is 10.1. The number of phenols is 1. The Kier molecular flexibility index (Phi) is 4.24. The Morgan fingerprint density at radius 1 is 0.964 bits per heavy atom. The monoisotopic (exact) mass is 373 g/mol. The number of phenolic OH excluding ortho intramolecular Hbond substituents is 1. The largest absolute Gasteiger partial charge is 0.506 e. The number of para-hydroxylation sites is 3. The van der Waals surface area contributed by atoms with Crippen LogP contribution in [0.1, 0.15) is 17.0 Å². The second kappa shape index (κ2) is 6.74. The summed E-state index contributed by atoms with van der Waals surface area (Å²) in [4.78, 5) is 25.2. The van der Waals surface area contributed by atoms with Gasteiger partial charge in [-0.1, -0.05) is 30.3 Å². The first-order chi connectivity index (χ1) is 13.5. The zero-order chi connectivity index (χ0) is 19.8. The van der Waals surface area contributed by atoms with E-state index in [4.69, 9.17) is 0 Å². The first-order valence-corrected chi connectivity index (χ1v) is 8.87. The van der Waals surface area contributed by atoms with Gasteiger partial charge in [-0.25, -0.2) is 5.01 Å². The van der Waals surface area contributed by atoms with Gasteiger partial charge in [-0.2, -0.15) is 0 Å². The highest BCUT2D eigenvalue weighted by Gasteiger charge is 2.34. The van der Waals surface area contributed by atoms with Gasteiger partial charge >= 0.3 is 0 Å². The van der Waals surface area contributed by atoms with E-state index in [-0.39, 0.29) is 11.3 Å². The molecule has 2 heterocycles. The summed E-state index contributed by atoms with van der Waals surface area (Å²) in [6, 6.07) is 17.9. The fourth-order valence-corrected chi connectivity index (χ4v) is 3.43. The number of rotatable bonds is 3. The van der Waals surface area contributed by atoms with Crippen molar-refractivity contribution in [3.63, 3.8) is 0 Å². The Hall–Kier alpha value is -3.80. The zero-order valence-corrected chi connectivity index (χ0v) is 15.5. The molecule has 2 N–H and O–H groups in total. The van der Waals surface area contributed by atoms with E-state index in [1.165, 1.54) is 5.01 Å². The molecule has 1 saturated heterocycles. The molecule has 6 heteroatoms. The maximum Gasteiger partial charge on any atom is 0.282 e. The molecule has 2 amide bonds. The van der Waals surface area contributed by atoms with Gasteiger partial charge in [-0.15, -0.1) is 0 Å². The van der Waals surface area contributed by atoms with Gasteiger partial charge in [0, 0.05) is 11.4 Å². The summed E-state index contributed by atoms with van der Waals surface area (Å²) in [5.41, 5.74) is 6.38. The first-order valence-electron chi connectivity index (χ1n) is 8.87. The third-order valence-corrected chi connectivity index (χ3v) is 4.80. The summed E-state index contributed by atoms with van der Waals surface area (Å²) in [5, 5.41) is 11.4. The normalized spacial score (nSPS) is 15.4. The van der Waals surface area contributed by atoms with Gasteiger partial charge in [0.1, 0.15) is 11.3 Å². The van der Waals surface area contributed by atoms with Crippen molar-refractivity contribution >= 4 is 23.6 Å². The summed E-state index contributed by atoms with van der Waals surface area (Å²) < 4.78 is 1.90. The lowest BCUT2D eigenvalue weighted by molar-refractivity contribution is -0.117. The van der Waals surface area contributed by atoms with E-state index in [1.54, 1.807) is 42.5 Å². The van der Waals surface area contributed by atoms with Crippen LogP contribution in [-0.2, 0) is 9.59 Å². The van der Waals surface area contributed by atoms with Crippen molar-refractivity contribution in [3.05, 3.63) is 83.2 Å². The number of aromatic hydroxyl groups is 1. The Labute approximate surface area is 162 Å². The van der Waals surface area contributed by atoms with E-state index in [0.29, 0.717) is 11.4 Å². The highest BCUT2D eigenvalue weighted by Crippen LogP contribution is 2.29. The molecule has 140 valence electrons. The number of hydrogen-bond acceptors (Lipinski definition) is 3. The van der Waals surface area contributed by atoms with Gasteiger partial charge in [-0.3, -0.25) is 15.0 Å². The van der Waals surface area contributed by atoms with E-state index in [2.05, 4.69) is 5.43 Å². The highest BCUT2D eigenvalue weighted by molar-refractivity contribution is 6.31. The lowest BCUT2D eigenvalue weighted by Gasteiger charge is -2.13. The summed E-state index contributed by atoms with van der Waals surface area (Å²) >= 11 is 0. The fourth-order valence-electron chi connectivity index (χ4n) is 3.43. The van der Waals surface area contributed by atoms with Gasteiger partial charge in [0.15, 0.2) is 0 Å². The van der Waals surface area contributed by atoms with Crippen LogP contribution in [0.15, 0.2) is 66.2 Å². The molecule has 1 fully saturated rings. The molecule has 0 spiro atoms. The van der Waals surface area contributed by atoms with Crippen LogP contribution >= 0.6 is 0 Å². The number of aromatic nitrogens is 1. The smallest absolute Gasteiger partial charge is 0.282 e. The number of benzene rings is 2. The number of anilines is 1. The van der Waals surface area contributed by atoms with Crippen molar-refractivity contribution in [2.45, 2.75) is 13.8 Å². The Morgan fingerprint density at radius 3 is 2.36 bits per heavy atom. The summed E-state index contributed by atoms with van der Waals surface area (Å²) in [6.45, 7) is 3.80. The van der Waals surface area contributed by atoms with Crippen LogP contribution in [0.2, 0.25) is 0 Å². The average Bonchev–Trinajstić information content (AvgIpc) is 3.13.